The van der Waals surface area contributed by atoms with E-state index in [1.54, 1.807) is 29.2 Å². The monoisotopic (exact) mass is 732 g/mol. The van der Waals surface area contributed by atoms with Gasteiger partial charge in [-0.05, 0) is 64.9 Å². The molecule has 0 saturated carbocycles. The second kappa shape index (κ2) is 14.8. The number of rotatable bonds is 11. The van der Waals surface area contributed by atoms with E-state index >= 15 is 0 Å². The van der Waals surface area contributed by atoms with Crippen LogP contribution >= 0.6 is 45.8 Å². The van der Waals surface area contributed by atoms with Gasteiger partial charge in [0, 0.05) is 37.3 Å². The van der Waals surface area contributed by atoms with Crippen LogP contribution in [0.3, 0.4) is 0 Å². The van der Waals surface area contributed by atoms with Crippen LogP contribution in [0.5, 0.6) is 11.5 Å². The Morgan fingerprint density at radius 2 is 2.02 bits per heavy atom. The van der Waals surface area contributed by atoms with Gasteiger partial charge in [0.1, 0.15) is 18.5 Å². The lowest BCUT2D eigenvalue weighted by atomic mass is 9.87. The largest absolute Gasteiger partial charge is 0.493 e. The van der Waals surface area contributed by atoms with Crippen LogP contribution in [0.1, 0.15) is 28.8 Å². The molecule has 0 aromatic heterocycles. The highest BCUT2D eigenvalue weighted by Gasteiger charge is 2.43. The zero-order valence-corrected chi connectivity index (χ0v) is 26.4. The number of carbonyl (C=O) groups is 3. The Bertz CT molecular complexity index is 1350. The maximum absolute atomic E-state index is 13.9. The molecular weight excluding hydrogens is 702 g/mol. The first-order valence-corrected chi connectivity index (χ1v) is 15.1. The molecule has 2 aromatic rings. The van der Waals surface area contributed by atoms with Gasteiger partial charge >= 0.3 is 0 Å². The van der Waals surface area contributed by atoms with Crippen molar-refractivity contribution in [2.24, 2.45) is 5.92 Å². The molecule has 2 amide bonds. The zero-order chi connectivity index (χ0) is 30.4. The summed E-state index contributed by atoms with van der Waals surface area (Å²) in [6.45, 7) is 0.546. The van der Waals surface area contributed by atoms with Crippen molar-refractivity contribution < 1.29 is 38.8 Å². The summed E-state index contributed by atoms with van der Waals surface area (Å²) in [4.78, 5) is 40.0. The quantitative estimate of drug-likeness (QED) is 0.237. The number of amides is 2. The SMILES string of the molecule is COc1cc(C=O)cc(I)c1O[C@H]1C=C(C(=O)NCCO)C[C@@H](N(Cc2ccc(Cl)c(Cl)c2)C(=O)C2CCOC2)[C@@H]1O. The van der Waals surface area contributed by atoms with Gasteiger partial charge < -0.3 is 34.6 Å². The maximum Gasteiger partial charge on any atom is 0.247 e. The Balaban J connectivity index is 1.74. The molecule has 0 radical (unpaired) electrons. The molecule has 42 heavy (non-hydrogen) atoms. The second-order valence-corrected chi connectivity index (χ2v) is 11.9. The molecule has 1 unspecified atom stereocenters. The molecular formula is C29H31Cl2IN2O8. The molecule has 1 fully saturated rings. The number of methoxy groups -OCH3 is 1. The third-order valence-corrected chi connectivity index (χ3v) is 8.70. The Hall–Kier alpha value is -2.42. The van der Waals surface area contributed by atoms with Crippen LogP contribution in [0.15, 0.2) is 42.0 Å². The highest BCUT2D eigenvalue weighted by molar-refractivity contribution is 14.1. The molecule has 0 bridgehead atoms. The van der Waals surface area contributed by atoms with E-state index in [1.165, 1.54) is 19.3 Å². The zero-order valence-electron chi connectivity index (χ0n) is 22.7. The van der Waals surface area contributed by atoms with Crippen molar-refractivity contribution in [2.45, 2.75) is 37.6 Å². The van der Waals surface area contributed by atoms with Crippen molar-refractivity contribution in [3.05, 3.63) is 66.7 Å². The van der Waals surface area contributed by atoms with Crippen LogP contribution in [-0.2, 0) is 20.9 Å². The van der Waals surface area contributed by atoms with E-state index in [1.807, 2.05) is 22.6 Å². The van der Waals surface area contributed by atoms with E-state index in [9.17, 15) is 24.6 Å². The van der Waals surface area contributed by atoms with Gasteiger partial charge in [0.15, 0.2) is 11.5 Å². The van der Waals surface area contributed by atoms with Crippen LogP contribution in [0.2, 0.25) is 10.0 Å². The standard InChI is InChI=1S/C29H31Cl2IN2O8/c1-40-25-10-17(14-36)9-22(32)27(25)42-24-12-19(28(38)33-5-6-35)11-23(26(24)37)34(29(39)18-4-7-41-15-18)13-16-2-3-20(30)21(31)8-16/h2-3,8-10,12,14,18,23-24,26,35,37H,4-7,11,13,15H2,1H3,(H,33,38)/t18?,23-,24+,26+/m1/s1. The first-order chi connectivity index (χ1) is 20.2. The molecule has 4 rings (SSSR count). The summed E-state index contributed by atoms with van der Waals surface area (Å²) in [5.41, 5.74) is 1.34. The van der Waals surface area contributed by atoms with Crippen molar-refractivity contribution in [2.75, 3.05) is 33.5 Å². The van der Waals surface area contributed by atoms with Crippen LogP contribution in [0, 0.1) is 9.49 Å². The van der Waals surface area contributed by atoms with Crippen molar-refractivity contribution in [1.29, 1.82) is 0 Å². The minimum atomic E-state index is -1.26. The number of hydrogen-bond donors (Lipinski definition) is 3. The van der Waals surface area contributed by atoms with Crippen molar-refractivity contribution >= 4 is 63.9 Å². The number of aliphatic hydroxyl groups excluding tert-OH is 2. The number of hydrogen-bond acceptors (Lipinski definition) is 8. The van der Waals surface area contributed by atoms with Crippen LogP contribution in [0.25, 0.3) is 0 Å². The molecule has 13 heteroatoms. The fourth-order valence-corrected chi connectivity index (χ4v) is 6.07. The predicted octanol–water partition coefficient (Wildman–Crippen LogP) is 3.40. The Kier molecular flexibility index (Phi) is 11.5. The van der Waals surface area contributed by atoms with Crippen molar-refractivity contribution in [1.82, 2.24) is 10.2 Å². The third kappa shape index (κ3) is 7.56. The predicted molar refractivity (Wildman–Crippen MR) is 164 cm³/mol. The van der Waals surface area contributed by atoms with Gasteiger partial charge in [0.05, 0.1) is 45.9 Å². The molecule has 3 N–H and O–H groups in total. The molecule has 2 aliphatic rings. The van der Waals surface area contributed by atoms with E-state index in [4.69, 9.17) is 37.4 Å². The lowest BCUT2D eigenvalue weighted by Gasteiger charge is -2.41. The molecule has 1 aliphatic carbocycles. The molecule has 4 atom stereocenters. The molecule has 1 heterocycles. The minimum Gasteiger partial charge on any atom is -0.493 e. The molecule has 226 valence electrons. The summed E-state index contributed by atoms with van der Waals surface area (Å²) in [5, 5.41) is 24.3. The normalized spacial score (nSPS) is 21.8. The van der Waals surface area contributed by atoms with E-state index in [0.717, 1.165) is 0 Å². The fraction of sp³-hybridized carbons (Fsp3) is 0.414. The van der Waals surface area contributed by atoms with E-state index < -0.39 is 30.1 Å². The Morgan fingerprint density at radius 3 is 2.67 bits per heavy atom. The molecule has 10 nitrogen and oxygen atoms in total. The number of nitrogens with zero attached hydrogens (tertiary/aromatic N) is 1. The minimum absolute atomic E-state index is 0.0250. The van der Waals surface area contributed by atoms with Gasteiger partial charge in [-0.3, -0.25) is 14.4 Å². The van der Waals surface area contributed by atoms with Gasteiger partial charge in [0.2, 0.25) is 11.8 Å². The maximum atomic E-state index is 13.9. The summed E-state index contributed by atoms with van der Waals surface area (Å²) >= 11 is 14.4. The van der Waals surface area contributed by atoms with Gasteiger partial charge in [-0.15, -0.1) is 0 Å². The second-order valence-electron chi connectivity index (χ2n) is 9.94. The van der Waals surface area contributed by atoms with Gasteiger partial charge in [-0.25, -0.2) is 0 Å². The number of aliphatic hydroxyl groups is 2. The fourth-order valence-electron chi connectivity index (χ4n) is 4.99. The van der Waals surface area contributed by atoms with Crippen LogP contribution in [-0.4, -0.2) is 84.9 Å². The summed E-state index contributed by atoms with van der Waals surface area (Å²) < 4.78 is 17.8. The number of benzene rings is 2. The summed E-state index contributed by atoms with van der Waals surface area (Å²) in [7, 11) is 1.43. The molecule has 1 saturated heterocycles. The Morgan fingerprint density at radius 1 is 1.24 bits per heavy atom. The van der Waals surface area contributed by atoms with Gasteiger partial charge in [-0.2, -0.15) is 0 Å². The highest BCUT2D eigenvalue weighted by atomic mass is 127. The van der Waals surface area contributed by atoms with Crippen LogP contribution < -0.4 is 14.8 Å². The average molecular weight is 733 g/mol. The molecule has 0 spiro atoms. The summed E-state index contributed by atoms with van der Waals surface area (Å²) in [6, 6.07) is 7.28. The van der Waals surface area contributed by atoms with E-state index in [-0.39, 0.29) is 55.7 Å². The van der Waals surface area contributed by atoms with Crippen LogP contribution in [0.4, 0.5) is 0 Å². The van der Waals surface area contributed by atoms with Gasteiger partial charge in [-0.1, -0.05) is 29.3 Å². The lowest BCUT2D eigenvalue weighted by Crippen LogP contribution is -2.56. The summed E-state index contributed by atoms with van der Waals surface area (Å²) in [5.74, 6) is -0.579. The number of aldehydes is 1. The van der Waals surface area contributed by atoms with E-state index in [2.05, 4.69) is 5.32 Å². The van der Waals surface area contributed by atoms with Gasteiger partial charge in [0.25, 0.3) is 0 Å². The average Bonchev–Trinajstić information content (AvgIpc) is 3.53. The Labute approximate surface area is 267 Å². The first-order valence-electron chi connectivity index (χ1n) is 13.3. The van der Waals surface area contributed by atoms with Crippen molar-refractivity contribution in [3.8, 4) is 11.5 Å². The van der Waals surface area contributed by atoms with E-state index in [0.29, 0.717) is 44.1 Å². The smallest absolute Gasteiger partial charge is 0.247 e. The number of ether oxygens (including phenoxy) is 3. The topological polar surface area (TPSA) is 135 Å². The number of halogens is 3. The molecule has 1 aliphatic heterocycles. The molecule has 2 aromatic carbocycles. The third-order valence-electron chi connectivity index (χ3n) is 7.16. The highest BCUT2D eigenvalue weighted by Crippen LogP contribution is 2.37. The van der Waals surface area contributed by atoms with Crippen molar-refractivity contribution in [3.63, 3.8) is 0 Å². The number of nitrogens with one attached hydrogen (secondary N) is 1. The number of carbonyl (C=O) groups excluding carboxylic acids is 3. The first kappa shape index (κ1) is 32.5. The summed E-state index contributed by atoms with van der Waals surface area (Å²) in [6.07, 6.45) is 0.404. The lowest BCUT2D eigenvalue weighted by molar-refractivity contribution is -0.143.